The fourth-order valence-corrected chi connectivity index (χ4v) is 2.50. The monoisotopic (exact) mass is 309 g/mol. The molecule has 0 aromatic heterocycles. The molecule has 76 valence electrons. The third-order valence-corrected chi connectivity index (χ3v) is 3.31. The summed E-state index contributed by atoms with van der Waals surface area (Å²) in [6.45, 7) is 1.66. The van der Waals surface area contributed by atoms with Gasteiger partial charge in [-0.3, -0.25) is 0 Å². The Kier molecular flexibility index (Phi) is 2.90. The third kappa shape index (κ3) is 1.71. The minimum absolute atomic E-state index is 0.433. The molecule has 0 spiro atoms. The zero-order valence-electron chi connectivity index (χ0n) is 7.56. The fourth-order valence-electron chi connectivity index (χ4n) is 1.75. The number of nitrogens with zero attached hydrogens (tertiary/aromatic N) is 1. The summed E-state index contributed by atoms with van der Waals surface area (Å²) in [6.07, 6.45) is 2.12. The van der Waals surface area contributed by atoms with E-state index in [9.17, 15) is 8.78 Å². The molecular formula is C10H10F2IN. The molecule has 0 bridgehead atoms. The highest BCUT2D eigenvalue weighted by atomic mass is 127. The van der Waals surface area contributed by atoms with E-state index in [0.717, 1.165) is 29.5 Å². The molecule has 0 atom stereocenters. The Balaban J connectivity index is 2.44. The van der Waals surface area contributed by atoms with Gasteiger partial charge in [0, 0.05) is 16.7 Å². The van der Waals surface area contributed by atoms with E-state index in [-0.39, 0.29) is 0 Å². The number of hydrogen-bond acceptors (Lipinski definition) is 1. The molecule has 1 fully saturated rings. The molecule has 1 aromatic rings. The van der Waals surface area contributed by atoms with Gasteiger partial charge in [0.2, 0.25) is 0 Å². The Bertz CT molecular complexity index is 348. The van der Waals surface area contributed by atoms with Gasteiger partial charge in [-0.25, -0.2) is 8.78 Å². The molecule has 0 aliphatic carbocycles. The maximum Gasteiger partial charge on any atom is 0.183 e. The molecule has 14 heavy (non-hydrogen) atoms. The van der Waals surface area contributed by atoms with Gasteiger partial charge in [-0.15, -0.1) is 0 Å². The van der Waals surface area contributed by atoms with E-state index in [4.69, 9.17) is 0 Å². The average Bonchev–Trinajstić information content (AvgIpc) is 2.65. The van der Waals surface area contributed by atoms with Crippen LogP contribution in [0, 0.1) is 15.2 Å². The van der Waals surface area contributed by atoms with Gasteiger partial charge in [0.05, 0.1) is 5.69 Å². The molecule has 1 saturated heterocycles. The summed E-state index contributed by atoms with van der Waals surface area (Å²) in [7, 11) is 0. The van der Waals surface area contributed by atoms with Crippen LogP contribution in [0.4, 0.5) is 14.5 Å². The van der Waals surface area contributed by atoms with Crippen LogP contribution in [0.25, 0.3) is 0 Å². The highest BCUT2D eigenvalue weighted by molar-refractivity contribution is 14.1. The van der Waals surface area contributed by atoms with E-state index in [2.05, 4.69) is 0 Å². The van der Waals surface area contributed by atoms with E-state index >= 15 is 0 Å². The zero-order chi connectivity index (χ0) is 10.1. The average molecular weight is 309 g/mol. The number of hydrogen-bond donors (Lipinski definition) is 0. The van der Waals surface area contributed by atoms with E-state index in [0.29, 0.717) is 5.69 Å². The van der Waals surface area contributed by atoms with Gasteiger partial charge in [0.25, 0.3) is 0 Å². The van der Waals surface area contributed by atoms with E-state index in [1.165, 1.54) is 6.07 Å². The second-order valence-corrected chi connectivity index (χ2v) is 4.55. The van der Waals surface area contributed by atoms with Gasteiger partial charge in [0.1, 0.15) is 0 Å². The fraction of sp³-hybridized carbons (Fsp3) is 0.400. The summed E-state index contributed by atoms with van der Waals surface area (Å²) in [5, 5.41) is 0. The van der Waals surface area contributed by atoms with Crippen LogP contribution in [0.1, 0.15) is 12.8 Å². The van der Waals surface area contributed by atoms with Crippen molar-refractivity contribution in [2.24, 2.45) is 0 Å². The van der Waals surface area contributed by atoms with Crippen LogP contribution in [0.2, 0.25) is 0 Å². The summed E-state index contributed by atoms with van der Waals surface area (Å²) in [6, 6.07) is 2.79. The lowest BCUT2D eigenvalue weighted by Gasteiger charge is -2.19. The Labute approximate surface area is 95.2 Å². The Morgan fingerprint density at radius 1 is 1.14 bits per heavy atom. The van der Waals surface area contributed by atoms with Crippen molar-refractivity contribution in [3.8, 4) is 0 Å². The topological polar surface area (TPSA) is 3.24 Å². The lowest BCUT2D eigenvalue weighted by Crippen LogP contribution is -2.20. The van der Waals surface area contributed by atoms with Crippen molar-refractivity contribution in [1.82, 2.24) is 0 Å². The predicted octanol–water partition coefficient (Wildman–Crippen LogP) is 3.17. The van der Waals surface area contributed by atoms with Crippen molar-refractivity contribution in [2.45, 2.75) is 12.8 Å². The first-order valence-corrected chi connectivity index (χ1v) is 5.66. The van der Waals surface area contributed by atoms with Crippen LogP contribution in [-0.2, 0) is 0 Å². The van der Waals surface area contributed by atoms with Gasteiger partial charge in [-0.05, 0) is 47.6 Å². The first kappa shape index (κ1) is 10.1. The van der Waals surface area contributed by atoms with Gasteiger partial charge in [-0.1, -0.05) is 0 Å². The number of anilines is 1. The number of rotatable bonds is 1. The molecule has 0 saturated carbocycles. The molecule has 0 amide bonds. The van der Waals surface area contributed by atoms with Crippen LogP contribution in [-0.4, -0.2) is 13.1 Å². The first-order chi connectivity index (χ1) is 6.70. The molecule has 1 aliphatic rings. The lowest BCUT2D eigenvalue weighted by atomic mass is 10.2. The molecule has 1 heterocycles. The van der Waals surface area contributed by atoms with Gasteiger partial charge in [-0.2, -0.15) is 0 Å². The summed E-state index contributed by atoms with van der Waals surface area (Å²) >= 11 is 2.04. The molecule has 0 N–H and O–H groups in total. The number of benzene rings is 1. The second kappa shape index (κ2) is 4.00. The maximum absolute atomic E-state index is 13.5. The minimum Gasteiger partial charge on any atom is -0.368 e. The van der Waals surface area contributed by atoms with Crippen molar-refractivity contribution < 1.29 is 8.78 Å². The summed E-state index contributed by atoms with van der Waals surface area (Å²) in [4.78, 5) is 1.92. The quantitative estimate of drug-likeness (QED) is 0.569. The van der Waals surface area contributed by atoms with Gasteiger partial charge < -0.3 is 4.90 Å². The second-order valence-electron chi connectivity index (χ2n) is 3.39. The van der Waals surface area contributed by atoms with Gasteiger partial charge >= 0.3 is 0 Å². The molecule has 0 radical (unpaired) electrons. The van der Waals surface area contributed by atoms with Crippen molar-refractivity contribution in [3.05, 3.63) is 27.3 Å². The maximum atomic E-state index is 13.5. The lowest BCUT2D eigenvalue weighted by molar-refractivity contribution is 0.507. The van der Waals surface area contributed by atoms with Crippen molar-refractivity contribution in [3.63, 3.8) is 0 Å². The normalized spacial score (nSPS) is 16.4. The molecule has 1 nitrogen and oxygen atoms in total. The first-order valence-electron chi connectivity index (χ1n) is 4.58. The largest absolute Gasteiger partial charge is 0.368 e. The molecule has 4 heteroatoms. The van der Waals surface area contributed by atoms with Crippen LogP contribution in [0.3, 0.4) is 0 Å². The van der Waals surface area contributed by atoms with Crippen molar-refractivity contribution in [2.75, 3.05) is 18.0 Å². The summed E-state index contributed by atoms with van der Waals surface area (Å²) in [5.41, 5.74) is 0.433. The van der Waals surface area contributed by atoms with Crippen LogP contribution >= 0.6 is 22.6 Å². The third-order valence-electron chi connectivity index (χ3n) is 2.44. The van der Waals surface area contributed by atoms with E-state index in [1.807, 2.05) is 27.5 Å². The summed E-state index contributed by atoms with van der Waals surface area (Å²) in [5.74, 6) is -1.47. The van der Waals surface area contributed by atoms with Crippen LogP contribution in [0.5, 0.6) is 0 Å². The Hall–Kier alpha value is -0.390. The smallest absolute Gasteiger partial charge is 0.183 e. The molecule has 1 aliphatic heterocycles. The number of halogens is 3. The summed E-state index contributed by atoms with van der Waals surface area (Å²) < 4.78 is 27.3. The van der Waals surface area contributed by atoms with Crippen LogP contribution in [0.15, 0.2) is 12.1 Å². The SMILES string of the molecule is Fc1ccc(I)c(N2CCCC2)c1F. The Morgan fingerprint density at radius 2 is 1.79 bits per heavy atom. The predicted molar refractivity (Wildman–Crippen MR) is 60.5 cm³/mol. The Morgan fingerprint density at radius 3 is 2.43 bits per heavy atom. The molecule has 0 unspecified atom stereocenters. The molecule has 1 aromatic carbocycles. The van der Waals surface area contributed by atoms with E-state index < -0.39 is 11.6 Å². The van der Waals surface area contributed by atoms with E-state index in [1.54, 1.807) is 6.07 Å². The van der Waals surface area contributed by atoms with Crippen LogP contribution < -0.4 is 4.90 Å². The minimum atomic E-state index is -0.757. The van der Waals surface area contributed by atoms with Crippen molar-refractivity contribution in [1.29, 1.82) is 0 Å². The highest BCUT2D eigenvalue weighted by Crippen LogP contribution is 2.30. The zero-order valence-corrected chi connectivity index (χ0v) is 9.72. The highest BCUT2D eigenvalue weighted by Gasteiger charge is 2.20. The molecular weight excluding hydrogens is 299 g/mol. The standard InChI is InChI=1S/C10H10F2IN/c11-7-3-4-8(13)10(9(7)12)14-5-1-2-6-14/h3-4H,1-2,5-6H2. The van der Waals surface area contributed by atoms with Crippen molar-refractivity contribution >= 4 is 28.3 Å². The molecule has 2 rings (SSSR count). The van der Waals surface area contributed by atoms with Gasteiger partial charge in [0.15, 0.2) is 11.6 Å².